The Labute approximate surface area is 245 Å². The van der Waals surface area contributed by atoms with E-state index in [0.29, 0.717) is 0 Å². The summed E-state index contributed by atoms with van der Waals surface area (Å²) in [5, 5.41) is 13.4. The van der Waals surface area contributed by atoms with Crippen LogP contribution in [0.3, 0.4) is 0 Å². The molecule has 3 aromatic rings. The summed E-state index contributed by atoms with van der Waals surface area (Å²) in [6, 6.07) is 6.93. The highest BCUT2D eigenvalue weighted by molar-refractivity contribution is 7.52. The van der Waals surface area contributed by atoms with Crippen molar-refractivity contribution >= 4 is 42.3 Å². The number of esters is 1. The topological polar surface area (TPSA) is 180 Å². The van der Waals surface area contributed by atoms with Gasteiger partial charge < -0.3 is 24.8 Å². The van der Waals surface area contributed by atoms with Crippen molar-refractivity contribution in [1.29, 1.82) is 0 Å². The van der Waals surface area contributed by atoms with Crippen molar-refractivity contribution in [3.05, 3.63) is 52.7 Å². The van der Waals surface area contributed by atoms with Gasteiger partial charge in [-0.1, -0.05) is 35.7 Å². The SMILES string of the molecule is CC#C[C@@]1(Cl)C(O)C(COP(=O)(N[C@@H](C)C(=O)OC(C)C)Oc2ccccc2)OC1n1cc(F)c2c(=O)[nH]c(N)nc21. The van der Waals surface area contributed by atoms with Crippen molar-refractivity contribution in [3.63, 3.8) is 0 Å². The lowest BCUT2D eigenvalue weighted by molar-refractivity contribution is -0.149. The third-order valence-electron chi connectivity index (χ3n) is 6.10. The van der Waals surface area contributed by atoms with Gasteiger partial charge in [0.15, 0.2) is 22.6 Å². The van der Waals surface area contributed by atoms with E-state index in [1.54, 1.807) is 32.0 Å². The molecule has 1 saturated heterocycles. The van der Waals surface area contributed by atoms with Gasteiger partial charge in [0.1, 0.15) is 29.4 Å². The van der Waals surface area contributed by atoms with Gasteiger partial charge in [0.05, 0.1) is 12.7 Å². The number of ether oxygens (including phenoxy) is 2. The van der Waals surface area contributed by atoms with Crippen LogP contribution in [-0.2, 0) is 23.4 Å². The molecule has 0 spiro atoms. The number of fused-ring (bicyclic) bond motifs is 1. The molecular formula is C26H30ClFN5O8P. The number of nitrogens with zero attached hydrogens (tertiary/aromatic N) is 2. The molecule has 4 rings (SSSR count). The summed E-state index contributed by atoms with van der Waals surface area (Å²) < 4.78 is 52.2. The zero-order valence-corrected chi connectivity index (χ0v) is 24.7. The van der Waals surface area contributed by atoms with E-state index in [2.05, 4.69) is 26.9 Å². The second kappa shape index (κ2) is 12.4. The maximum Gasteiger partial charge on any atom is 0.459 e. The maximum atomic E-state index is 14.8. The van der Waals surface area contributed by atoms with E-state index < -0.39 is 72.5 Å². The molecule has 1 aliphatic heterocycles. The monoisotopic (exact) mass is 625 g/mol. The standard InChI is InChI=1S/C26H30ClFN5O8P/c1-5-11-26(27)20(34)18(40-24(26)33-12-17(28)19-21(33)30-25(29)31-22(19)35)13-38-42(37,41-16-9-7-6-8-10-16)32-15(4)23(36)39-14(2)3/h6-10,12,14-15,18,20,24,34H,13H2,1-4H3,(H,32,37)(H3,29,30,31,35)/t15-,18?,20?,24?,26+,42?/m0/s1. The van der Waals surface area contributed by atoms with Gasteiger partial charge in [-0.15, -0.1) is 5.92 Å². The molecule has 226 valence electrons. The van der Waals surface area contributed by atoms with E-state index in [9.17, 15) is 23.7 Å². The fourth-order valence-corrected chi connectivity index (χ4v) is 6.19. The molecule has 0 saturated carbocycles. The first-order chi connectivity index (χ1) is 19.8. The zero-order chi connectivity index (χ0) is 30.8. The van der Waals surface area contributed by atoms with Crippen molar-refractivity contribution in [2.45, 2.75) is 63.2 Å². The Bertz CT molecular complexity index is 1620. The number of H-pyrrole nitrogens is 1. The largest absolute Gasteiger partial charge is 0.462 e. The molecule has 0 aliphatic carbocycles. The minimum Gasteiger partial charge on any atom is -0.462 e. The summed E-state index contributed by atoms with van der Waals surface area (Å²) in [6.45, 7) is 5.62. The number of aliphatic hydroxyl groups is 1. The normalized spacial score (nSPS) is 24.1. The molecular weight excluding hydrogens is 596 g/mol. The van der Waals surface area contributed by atoms with Gasteiger partial charge in [-0.3, -0.25) is 23.7 Å². The fraction of sp³-hybridized carbons (Fsp3) is 0.423. The van der Waals surface area contributed by atoms with Crippen molar-refractivity contribution in [1.82, 2.24) is 19.6 Å². The Morgan fingerprint density at radius 3 is 2.71 bits per heavy atom. The van der Waals surface area contributed by atoms with Crippen LogP contribution >= 0.6 is 19.3 Å². The van der Waals surface area contributed by atoms with Crippen molar-refractivity contribution in [3.8, 4) is 17.6 Å². The first-order valence-corrected chi connectivity index (χ1v) is 14.7. The molecule has 1 aromatic carbocycles. The van der Waals surface area contributed by atoms with E-state index in [0.717, 1.165) is 10.8 Å². The molecule has 1 fully saturated rings. The number of nitrogen functional groups attached to an aromatic ring is 1. The number of carbonyl (C=O) groups is 1. The summed E-state index contributed by atoms with van der Waals surface area (Å²) in [7, 11) is -4.33. The van der Waals surface area contributed by atoms with E-state index in [1.807, 2.05) is 0 Å². The van der Waals surface area contributed by atoms with Crippen molar-refractivity contribution in [2.75, 3.05) is 12.3 Å². The number of nitrogens with one attached hydrogen (secondary N) is 2. The first kappa shape index (κ1) is 31.5. The number of carbonyl (C=O) groups excluding carboxylic acids is 1. The van der Waals surface area contributed by atoms with Gasteiger partial charge in [0, 0.05) is 6.20 Å². The van der Waals surface area contributed by atoms with Crippen LogP contribution in [0.1, 0.15) is 33.9 Å². The highest BCUT2D eigenvalue weighted by Gasteiger charge is 2.56. The smallest absolute Gasteiger partial charge is 0.459 e. The molecule has 0 amide bonds. The number of aromatic nitrogens is 3. The molecule has 16 heteroatoms. The number of alkyl halides is 1. The van der Waals surface area contributed by atoms with Crippen LogP contribution in [0, 0.1) is 17.7 Å². The quantitative estimate of drug-likeness (QED) is 0.113. The highest BCUT2D eigenvalue weighted by atomic mass is 35.5. The van der Waals surface area contributed by atoms with Gasteiger partial charge in [-0.05, 0) is 39.8 Å². The molecule has 5 N–H and O–H groups in total. The van der Waals surface area contributed by atoms with E-state index in [-0.39, 0.29) is 17.3 Å². The second-order valence-electron chi connectivity index (χ2n) is 9.68. The van der Waals surface area contributed by atoms with Crippen molar-refractivity contribution in [2.24, 2.45) is 0 Å². The molecule has 0 bridgehead atoms. The number of nitrogens with two attached hydrogens (primary N) is 1. The zero-order valence-electron chi connectivity index (χ0n) is 23.0. The molecule has 13 nitrogen and oxygen atoms in total. The van der Waals surface area contributed by atoms with Gasteiger partial charge in [-0.2, -0.15) is 10.1 Å². The minimum atomic E-state index is -4.33. The number of aliphatic hydroxyl groups excluding tert-OH is 1. The Morgan fingerprint density at radius 2 is 2.07 bits per heavy atom. The summed E-state index contributed by atoms with van der Waals surface area (Å²) >= 11 is 6.79. The number of hydrogen-bond acceptors (Lipinski definition) is 10. The van der Waals surface area contributed by atoms with Crippen LogP contribution in [0.2, 0.25) is 0 Å². The van der Waals surface area contributed by atoms with Crippen LogP contribution in [0.5, 0.6) is 5.75 Å². The minimum absolute atomic E-state index is 0.162. The number of anilines is 1. The third kappa shape index (κ3) is 6.47. The Kier molecular flexibility index (Phi) is 9.32. The van der Waals surface area contributed by atoms with Gasteiger partial charge in [-0.25, -0.2) is 8.96 Å². The van der Waals surface area contributed by atoms with Crippen molar-refractivity contribution < 1.29 is 37.4 Å². The number of hydrogen-bond donors (Lipinski definition) is 4. The van der Waals surface area contributed by atoms with Gasteiger partial charge in [0.25, 0.3) is 5.56 Å². The molecule has 1 aliphatic rings. The average molecular weight is 626 g/mol. The van der Waals surface area contributed by atoms with E-state index >= 15 is 0 Å². The van der Waals surface area contributed by atoms with Gasteiger partial charge >= 0.3 is 13.7 Å². The summed E-state index contributed by atoms with van der Waals surface area (Å²) in [6.07, 6.45) is -3.81. The predicted molar refractivity (Wildman–Crippen MR) is 151 cm³/mol. The number of para-hydroxylation sites is 1. The van der Waals surface area contributed by atoms with E-state index in [4.69, 9.17) is 35.9 Å². The molecule has 2 aromatic heterocycles. The molecule has 6 atom stereocenters. The molecule has 3 heterocycles. The van der Waals surface area contributed by atoms with Gasteiger partial charge in [0.2, 0.25) is 5.95 Å². The number of rotatable bonds is 10. The average Bonchev–Trinajstić information content (AvgIpc) is 3.36. The summed E-state index contributed by atoms with van der Waals surface area (Å²) in [5.74, 6) is 3.52. The van der Waals surface area contributed by atoms with Crippen LogP contribution < -0.4 is 20.9 Å². The summed E-state index contributed by atoms with van der Waals surface area (Å²) in [4.78, 5) is 29.1. The Morgan fingerprint density at radius 1 is 1.38 bits per heavy atom. The Hall–Kier alpha value is -3.44. The number of halogens is 2. The predicted octanol–water partition coefficient (Wildman–Crippen LogP) is 2.84. The van der Waals surface area contributed by atoms with Crippen LogP contribution in [0.25, 0.3) is 11.0 Å². The highest BCUT2D eigenvalue weighted by Crippen LogP contribution is 2.49. The number of benzene rings is 1. The lowest BCUT2D eigenvalue weighted by Gasteiger charge is -2.26. The lowest BCUT2D eigenvalue weighted by Crippen LogP contribution is -2.42. The van der Waals surface area contributed by atoms with Crippen LogP contribution in [-0.4, -0.2) is 61.4 Å². The maximum absolute atomic E-state index is 14.8. The fourth-order valence-electron chi connectivity index (χ4n) is 4.29. The molecule has 4 unspecified atom stereocenters. The van der Waals surface area contributed by atoms with Crippen LogP contribution in [0.15, 0.2) is 41.3 Å². The van der Waals surface area contributed by atoms with E-state index in [1.165, 1.54) is 26.0 Å². The lowest BCUT2D eigenvalue weighted by atomic mass is 9.99. The third-order valence-corrected chi connectivity index (χ3v) is 8.25. The first-order valence-electron chi connectivity index (χ1n) is 12.8. The second-order valence-corrected chi connectivity index (χ2v) is 12.0. The van der Waals surface area contributed by atoms with Crippen LogP contribution in [0.4, 0.5) is 10.3 Å². The summed E-state index contributed by atoms with van der Waals surface area (Å²) in [5.41, 5.74) is 4.64. The molecule has 42 heavy (non-hydrogen) atoms. The Balaban J connectivity index is 1.64. The number of aromatic amines is 1. The molecule has 0 radical (unpaired) electrons.